The van der Waals surface area contributed by atoms with Gasteiger partial charge in [-0.1, -0.05) is 36.4 Å². The molecule has 0 N–H and O–H groups in total. The van der Waals surface area contributed by atoms with Crippen molar-refractivity contribution in [2.75, 3.05) is 12.5 Å². The van der Waals surface area contributed by atoms with Crippen LogP contribution >= 0.6 is 0 Å². The first kappa shape index (κ1) is 16.5. The Morgan fingerprint density at radius 2 is 0.864 bits per heavy atom. The van der Waals surface area contributed by atoms with E-state index in [9.17, 15) is 16.8 Å². The van der Waals surface area contributed by atoms with Gasteiger partial charge in [0, 0.05) is 12.5 Å². The summed E-state index contributed by atoms with van der Waals surface area (Å²) in [7, 11) is -6.37. The van der Waals surface area contributed by atoms with Crippen LogP contribution in [0.15, 0.2) is 58.3 Å². The second-order valence-corrected chi connectivity index (χ2v) is 9.05. The third-order valence-electron chi connectivity index (χ3n) is 3.08. The van der Waals surface area contributed by atoms with Gasteiger partial charge in [-0.2, -0.15) is 0 Å². The molecule has 2 aromatic rings. The van der Waals surface area contributed by atoms with Gasteiger partial charge in [-0.25, -0.2) is 16.8 Å². The van der Waals surface area contributed by atoms with Gasteiger partial charge in [0.25, 0.3) is 0 Å². The Kier molecular flexibility index (Phi) is 4.53. The fourth-order valence-electron chi connectivity index (χ4n) is 1.84. The first-order valence-electron chi connectivity index (χ1n) is 6.44. The van der Waals surface area contributed by atoms with Crippen molar-refractivity contribution in [3.05, 3.63) is 59.7 Å². The van der Waals surface area contributed by atoms with E-state index < -0.39 is 19.7 Å². The smallest absolute Gasteiger partial charge is 0.175 e. The molecule has 0 aromatic heterocycles. The van der Waals surface area contributed by atoms with Gasteiger partial charge in [-0.05, 0) is 35.4 Å². The SMILES string of the molecule is CS(=O)(=O)c1ccc(/C=C/c2ccc(S(C)(=O)=O)cc2)cc1. The van der Waals surface area contributed by atoms with E-state index in [1.54, 1.807) is 48.5 Å². The molecule has 0 bridgehead atoms. The zero-order chi connectivity index (χ0) is 16.4. The molecule has 0 aliphatic heterocycles. The van der Waals surface area contributed by atoms with Gasteiger partial charge in [0.2, 0.25) is 0 Å². The molecule has 0 aliphatic rings. The summed E-state index contributed by atoms with van der Waals surface area (Å²) in [4.78, 5) is 0.560. The molecule has 116 valence electrons. The van der Waals surface area contributed by atoms with Crippen molar-refractivity contribution < 1.29 is 16.8 Å². The van der Waals surface area contributed by atoms with Gasteiger partial charge in [0.1, 0.15) is 0 Å². The van der Waals surface area contributed by atoms with Crippen molar-refractivity contribution >= 4 is 31.8 Å². The lowest BCUT2D eigenvalue weighted by Gasteiger charge is -2.00. The summed E-state index contributed by atoms with van der Waals surface area (Å²) < 4.78 is 45.5. The van der Waals surface area contributed by atoms with E-state index in [0.717, 1.165) is 11.1 Å². The predicted molar refractivity (Wildman–Crippen MR) is 88.0 cm³/mol. The second kappa shape index (κ2) is 6.06. The van der Waals surface area contributed by atoms with Gasteiger partial charge in [-0.3, -0.25) is 0 Å². The zero-order valence-electron chi connectivity index (χ0n) is 12.2. The van der Waals surface area contributed by atoms with Crippen LogP contribution in [-0.4, -0.2) is 29.3 Å². The molecule has 0 atom stereocenters. The van der Waals surface area contributed by atoms with Crippen LogP contribution in [0, 0.1) is 0 Å². The Morgan fingerprint density at radius 3 is 1.09 bits per heavy atom. The average molecular weight is 336 g/mol. The molecular weight excluding hydrogens is 320 g/mol. The molecule has 0 saturated heterocycles. The second-order valence-electron chi connectivity index (χ2n) is 5.02. The van der Waals surface area contributed by atoms with Gasteiger partial charge in [0.05, 0.1) is 9.79 Å². The molecule has 22 heavy (non-hydrogen) atoms. The number of hydrogen-bond donors (Lipinski definition) is 0. The third-order valence-corrected chi connectivity index (χ3v) is 5.34. The largest absolute Gasteiger partial charge is 0.224 e. The molecule has 0 unspecified atom stereocenters. The van der Waals surface area contributed by atoms with E-state index in [1.165, 1.54) is 12.5 Å². The first-order valence-corrected chi connectivity index (χ1v) is 10.2. The maximum absolute atomic E-state index is 11.4. The molecule has 0 heterocycles. The van der Waals surface area contributed by atoms with Crippen LogP contribution in [0.1, 0.15) is 11.1 Å². The fourth-order valence-corrected chi connectivity index (χ4v) is 3.11. The number of benzene rings is 2. The van der Waals surface area contributed by atoms with Gasteiger partial charge >= 0.3 is 0 Å². The van der Waals surface area contributed by atoms with Crippen molar-refractivity contribution in [2.45, 2.75) is 9.79 Å². The van der Waals surface area contributed by atoms with Gasteiger partial charge in [0.15, 0.2) is 19.7 Å². The van der Waals surface area contributed by atoms with Crippen LogP contribution in [0.5, 0.6) is 0 Å². The monoisotopic (exact) mass is 336 g/mol. The average Bonchev–Trinajstić information content (AvgIpc) is 2.44. The highest BCUT2D eigenvalue weighted by atomic mass is 32.2. The lowest BCUT2D eigenvalue weighted by molar-refractivity contribution is 0.600. The third kappa shape index (κ3) is 4.29. The van der Waals surface area contributed by atoms with E-state index in [4.69, 9.17) is 0 Å². The highest BCUT2D eigenvalue weighted by Crippen LogP contribution is 2.15. The van der Waals surface area contributed by atoms with E-state index in [1.807, 2.05) is 12.2 Å². The Hall–Kier alpha value is -1.92. The minimum atomic E-state index is -3.19. The van der Waals surface area contributed by atoms with Crippen LogP contribution in [-0.2, 0) is 19.7 Å². The number of rotatable bonds is 4. The Morgan fingerprint density at radius 1 is 0.591 bits per heavy atom. The summed E-state index contributed by atoms with van der Waals surface area (Å²) in [5.74, 6) is 0. The van der Waals surface area contributed by atoms with Crippen LogP contribution in [0.4, 0.5) is 0 Å². The summed E-state index contributed by atoms with van der Waals surface area (Å²) in [5, 5.41) is 0. The number of hydrogen-bond acceptors (Lipinski definition) is 4. The topological polar surface area (TPSA) is 68.3 Å². The molecule has 0 saturated carbocycles. The molecule has 0 fully saturated rings. The highest BCUT2D eigenvalue weighted by molar-refractivity contribution is 7.91. The van der Waals surface area contributed by atoms with E-state index >= 15 is 0 Å². The quantitative estimate of drug-likeness (QED) is 0.805. The standard InChI is InChI=1S/C16H16O4S2/c1-21(17,18)15-9-5-13(6-10-15)3-4-14-7-11-16(12-8-14)22(2,19)20/h3-12H,1-2H3/b4-3+. The summed E-state index contributed by atoms with van der Waals surface area (Å²) in [6.07, 6.45) is 6.01. The molecule has 0 radical (unpaired) electrons. The van der Waals surface area contributed by atoms with Crippen LogP contribution in [0.3, 0.4) is 0 Å². The summed E-state index contributed by atoms with van der Waals surface area (Å²) in [6, 6.07) is 13.1. The maximum atomic E-state index is 11.4. The van der Waals surface area contributed by atoms with E-state index in [-0.39, 0.29) is 9.79 Å². The van der Waals surface area contributed by atoms with Crippen molar-refractivity contribution in [1.29, 1.82) is 0 Å². The summed E-state index contributed by atoms with van der Waals surface area (Å²) in [5.41, 5.74) is 1.72. The molecule has 4 nitrogen and oxygen atoms in total. The molecule has 2 rings (SSSR count). The van der Waals surface area contributed by atoms with Crippen molar-refractivity contribution in [3.63, 3.8) is 0 Å². The Balaban J connectivity index is 2.18. The Bertz CT molecular complexity index is 812. The molecule has 0 aliphatic carbocycles. The van der Waals surface area contributed by atoms with Gasteiger partial charge < -0.3 is 0 Å². The van der Waals surface area contributed by atoms with E-state index in [0.29, 0.717) is 0 Å². The molecular formula is C16H16O4S2. The van der Waals surface area contributed by atoms with Crippen LogP contribution < -0.4 is 0 Å². The highest BCUT2D eigenvalue weighted by Gasteiger charge is 2.06. The maximum Gasteiger partial charge on any atom is 0.175 e. The van der Waals surface area contributed by atoms with Crippen LogP contribution in [0.25, 0.3) is 12.2 Å². The van der Waals surface area contributed by atoms with E-state index in [2.05, 4.69) is 0 Å². The molecule has 2 aromatic carbocycles. The Labute approximate surface area is 131 Å². The van der Waals surface area contributed by atoms with Crippen molar-refractivity contribution in [2.24, 2.45) is 0 Å². The molecule has 6 heteroatoms. The molecule has 0 amide bonds. The van der Waals surface area contributed by atoms with Crippen molar-refractivity contribution in [1.82, 2.24) is 0 Å². The number of sulfone groups is 2. The van der Waals surface area contributed by atoms with Gasteiger partial charge in [-0.15, -0.1) is 0 Å². The zero-order valence-corrected chi connectivity index (χ0v) is 13.9. The predicted octanol–water partition coefficient (Wildman–Crippen LogP) is 2.66. The lowest BCUT2D eigenvalue weighted by atomic mass is 10.1. The first-order chi connectivity index (χ1) is 10.2. The molecule has 0 spiro atoms. The fraction of sp³-hybridized carbons (Fsp3) is 0.125. The minimum absolute atomic E-state index is 0.280. The van der Waals surface area contributed by atoms with Crippen molar-refractivity contribution in [3.8, 4) is 0 Å². The lowest BCUT2D eigenvalue weighted by Crippen LogP contribution is -1.96. The van der Waals surface area contributed by atoms with Crippen LogP contribution in [0.2, 0.25) is 0 Å². The normalized spacial score (nSPS) is 12.6. The minimum Gasteiger partial charge on any atom is -0.224 e. The summed E-state index contributed by atoms with van der Waals surface area (Å²) >= 11 is 0. The summed E-state index contributed by atoms with van der Waals surface area (Å²) in [6.45, 7) is 0.